The fourth-order valence-corrected chi connectivity index (χ4v) is 0.850. The zero-order valence-electron chi connectivity index (χ0n) is 7.25. The van der Waals surface area contributed by atoms with Gasteiger partial charge in [-0.15, -0.1) is 0 Å². The molecule has 0 aromatic carbocycles. The van der Waals surface area contributed by atoms with Crippen molar-refractivity contribution in [2.75, 3.05) is 0 Å². The molecule has 0 spiro atoms. The topological polar surface area (TPSA) is 42.4 Å². The lowest BCUT2D eigenvalue weighted by Crippen LogP contribution is -2.06. The van der Waals surface area contributed by atoms with Crippen LogP contribution in [-0.2, 0) is 0 Å². The molecule has 0 saturated carbocycles. The second-order valence-corrected chi connectivity index (χ2v) is 2.59. The fraction of sp³-hybridized carbons (Fsp3) is 0.375. The van der Waals surface area contributed by atoms with Gasteiger partial charge < -0.3 is 9.84 Å². The van der Waals surface area contributed by atoms with Crippen LogP contribution in [0.15, 0.2) is 12.3 Å². The van der Waals surface area contributed by atoms with Crippen LogP contribution in [0.4, 0.5) is 13.2 Å². The van der Waals surface area contributed by atoms with Gasteiger partial charge in [-0.1, -0.05) is 0 Å². The van der Waals surface area contributed by atoms with Crippen molar-refractivity contribution in [2.45, 2.75) is 19.6 Å². The first kappa shape index (κ1) is 10.8. The summed E-state index contributed by atoms with van der Waals surface area (Å²) in [6.45, 7) is -1.72. The van der Waals surface area contributed by atoms with Crippen molar-refractivity contribution in [2.24, 2.45) is 0 Å². The van der Waals surface area contributed by atoms with Crippen molar-refractivity contribution in [1.29, 1.82) is 0 Å². The highest BCUT2D eigenvalue weighted by molar-refractivity contribution is 5.25. The predicted octanol–water partition coefficient (Wildman–Crippen LogP) is 1.88. The molecule has 3 nitrogen and oxygen atoms in total. The van der Waals surface area contributed by atoms with E-state index in [1.54, 1.807) is 0 Å². The summed E-state index contributed by atoms with van der Waals surface area (Å²) >= 11 is 0. The summed E-state index contributed by atoms with van der Waals surface area (Å²) in [5, 5.41) is 9.05. The molecule has 0 fully saturated rings. The summed E-state index contributed by atoms with van der Waals surface area (Å²) in [5.74, 6) is -1.61. The van der Waals surface area contributed by atoms with Gasteiger partial charge in [-0.25, -0.2) is 4.39 Å². The number of hydrogen-bond acceptors (Lipinski definition) is 3. The SMILES string of the molecule is CC(O)c1cc(OC(F)F)c(F)cn1. The highest BCUT2D eigenvalue weighted by Gasteiger charge is 2.13. The molecule has 1 atom stereocenters. The van der Waals surface area contributed by atoms with Gasteiger partial charge in [0.25, 0.3) is 0 Å². The Bertz CT molecular complexity index is 317. The normalized spacial score (nSPS) is 13.0. The van der Waals surface area contributed by atoms with Crippen molar-refractivity contribution in [3.05, 3.63) is 23.8 Å². The van der Waals surface area contributed by atoms with Crippen LogP contribution in [-0.4, -0.2) is 16.7 Å². The lowest BCUT2D eigenvalue weighted by Gasteiger charge is -2.08. The molecule has 1 unspecified atom stereocenters. The minimum absolute atomic E-state index is 0.0713. The number of aromatic nitrogens is 1. The Morgan fingerprint density at radius 3 is 2.64 bits per heavy atom. The summed E-state index contributed by atoms with van der Waals surface area (Å²) in [5.41, 5.74) is 0.0713. The second-order valence-electron chi connectivity index (χ2n) is 2.59. The van der Waals surface area contributed by atoms with Gasteiger partial charge in [-0.05, 0) is 6.92 Å². The minimum Gasteiger partial charge on any atom is -0.432 e. The summed E-state index contributed by atoms with van der Waals surface area (Å²) in [4.78, 5) is 3.50. The van der Waals surface area contributed by atoms with E-state index in [1.165, 1.54) is 6.92 Å². The van der Waals surface area contributed by atoms with E-state index in [2.05, 4.69) is 9.72 Å². The van der Waals surface area contributed by atoms with Gasteiger partial charge in [0, 0.05) is 6.07 Å². The summed E-state index contributed by atoms with van der Waals surface area (Å²) < 4.78 is 40.2. The summed E-state index contributed by atoms with van der Waals surface area (Å²) in [6.07, 6.45) is -0.240. The minimum atomic E-state index is -3.10. The van der Waals surface area contributed by atoms with Gasteiger partial charge in [0.2, 0.25) is 0 Å². The van der Waals surface area contributed by atoms with Gasteiger partial charge in [0.05, 0.1) is 18.0 Å². The molecular weight excluding hydrogens is 199 g/mol. The van der Waals surface area contributed by atoms with Gasteiger partial charge in [-0.3, -0.25) is 4.98 Å². The number of aliphatic hydroxyl groups is 1. The number of halogens is 3. The number of rotatable bonds is 3. The zero-order valence-corrected chi connectivity index (χ0v) is 7.25. The van der Waals surface area contributed by atoms with Gasteiger partial charge in [-0.2, -0.15) is 8.78 Å². The molecular formula is C8H8F3NO2. The summed E-state index contributed by atoms with van der Waals surface area (Å²) in [6, 6.07) is 0.937. The third kappa shape index (κ3) is 2.59. The number of ether oxygens (including phenoxy) is 1. The number of hydrogen-bond donors (Lipinski definition) is 1. The van der Waals surface area contributed by atoms with E-state index in [0.29, 0.717) is 0 Å². The van der Waals surface area contributed by atoms with Crippen LogP contribution in [0, 0.1) is 5.82 Å². The van der Waals surface area contributed by atoms with Gasteiger partial charge >= 0.3 is 6.61 Å². The van der Waals surface area contributed by atoms with Gasteiger partial charge in [0.1, 0.15) is 0 Å². The van der Waals surface area contributed by atoms with E-state index in [9.17, 15) is 13.2 Å². The Labute approximate surface area is 78.2 Å². The van der Waals surface area contributed by atoms with Crippen molar-refractivity contribution in [3.8, 4) is 5.75 Å². The molecule has 1 N–H and O–H groups in total. The first-order valence-corrected chi connectivity index (χ1v) is 3.79. The monoisotopic (exact) mass is 207 g/mol. The first-order chi connectivity index (χ1) is 6.50. The average molecular weight is 207 g/mol. The van der Waals surface area contributed by atoms with E-state index >= 15 is 0 Å². The Morgan fingerprint density at radius 1 is 1.50 bits per heavy atom. The Kier molecular flexibility index (Phi) is 3.29. The molecule has 0 radical (unpaired) electrons. The van der Waals surface area contributed by atoms with Crippen molar-refractivity contribution < 1.29 is 23.0 Å². The van der Waals surface area contributed by atoms with Crippen LogP contribution in [0.25, 0.3) is 0 Å². The predicted molar refractivity (Wildman–Crippen MR) is 41.5 cm³/mol. The first-order valence-electron chi connectivity index (χ1n) is 3.79. The third-order valence-electron chi connectivity index (χ3n) is 1.49. The highest BCUT2D eigenvalue weighted by atomic mass is 19.3. The zero-order chi connectivity index (χ0) is 10.7. The van der Waals surface area contributed by atoms with Gasteiger partial charge in [0.15, 0.2) is 11.6 Å². The van der Waals surface area contributed by atoms with Crippen LogP contribution in [0.5, 0.6) is 5.75 Å². The molecule has 0 bridgehead atoms. The average Bonchev–Trinajstić information content (AvgIpc) is 2.07. The Morgan fingerprint density at radius 2 is 2.14 bits per heavy atom. The number of aliphatic hydroxyl groups excluding tert-OH is 1. The molecule has 0 aliphatic rings. The van der Waals surface area contributed by atoms with Crippen LogP contribution in [0.2, 0.25) is 0 Å². The second kappa shape index (κ2) is 4.28. The smallest absolute Gasteiger partial charge is 0.387 e. The molecule has 1 aromatic rings. The molecule has 0 aliphatic heterocycles. The lowest BCUT2D eigenvalue weighted by atomic mass is 10.2. The fourth-order valence-electron chi connectivity index (χ4n) is 0.850. The molecule has 1 heterocycles. The van der Waals surface area contributed by atoms with Crippen LogP contribution in [0.1, 0.15) is 18.7 Å². The van der Waals surface area contributed by atoms with E-state index in [0.717, 1.165) is 12.3 Å². The molecule has 14 heavy (non-hydrogen) atoms. The molecule has 1 rings (SSSR count). The van der Waals surface area contributed by atoms with Crippen LogP contribution < -0.4 is 4.74 Å². The highest BCUT2D eigenvalue weighted by Crippen LogP contribution is 2.21. The molecule has 0 saturated heterocycles. The molecule has 0 amide bonds. The van der Waals surface area contributed by atoms with E-state index in [1.807, 2.05) is 0 Å². The molecule has 6 heteroatoms. The number of alkyl halides is 2. The lowest BCUT2D eigenvalue weighted by molar-refractivity contribution is -0.0524. The number of nitrogens with zero attached hydrogens (tertiary/aromatic N) is 1. The van der Waals surface area contributed by atoms with E-state index in [-0.39, 0.29) is 5.69 Å². The van der Waals surface area contributed by atoms with E-state index in [4.69, 9.17) is 5.11 Å². The third-order valence-corrected chi connectivity index (χ3v) is 1.49. The summed E-state index contributed by atoms with van der Waals surface area (Å²) in [7, 11) is 0. The van der Waals surface area contributed by atoms with Crippen LogP contribution in [0.3, 0.4) is 0 Å². The quantitative estimate of drug-likeness (QED) is 0.822. The molecule has 0 aliphatic carbocycles. The largest absolute Gasteiger partial charge is 0.432 e. The number of pyridine rings is 1. The van der Waals surface area contributed by atoms with Crippen LogP contribution >= 0.6 is 0 Å². The Hall–Kier alpha value is -1.30. The molecule has 1 aromatic heterocycles. The van der Waals surface area contributed by atoms with Crippen molar-refractivity contribution in [1.82, 2.24) is 4.98 Å². The van der Waals surface area contributed by atoms with Crippen molar-refractivity contribution >= 4 is 0 Å². The maximum Gasteiger partial charge on any atom is 0.387 e. The maximum absolute atomic E-state index is 12.8. The van der Waals surface area contributed by atoms with Crippen molar-refractivity contribution in [3.63, 3.8) is 0 Å². The standard InChI is InChI=1S/C8H8F3NO2/c1-4(13)6-2-7(14-8(10)11)5(9)3-12-6/h2-4,8,13H,1H3. The molecule has 78 valence electrons. The maximum atomic E-state index is 12.8. The Balaban J connectivity index is 2.96. The van der Waals surface area contributed by atoms with E-state index < -0.39 is 24.3 Å².